The Bertz CT molecular complexity index is 1080. The van der Waals surface area contributed by atoms with Crippen LogP contribution in [-0.2, 0) is 0 Å². The van der Waals surface area contributed by atoms with Crippen LogP contribution in [0, 0.1) is 0 Å². The van der Waals surface area contributed by atoms with E-state index in [0.29, 0.717) is 40.0 Å². The fraction of sp³-hybridized carbons (Fsp3) is 0.375. The number of carbonyl (C=O) groups is 1. The third-order valence-corrected chi connectivity index (χ3v) is 6.00. The summed E-state index contributed by atoms with van der Waals surface area (Å²) in [6, 6.07) is 11.2. The third kappa shape index (κ3) is 4.64. The predicted octanol–water partition coefficient (Wildman–Crippen LogP) is 4.66. The lowest BCUT2D eigenvalue weighted by Gasteiger charge is -2.30. The van der Waals surface area contributed by atoms with Gasteiger partial charge in [-0.15, -0.1) is 0 Å². The zero-order chi connectivity index (χ0) is 23.3. The minimum absolute atomic E-state index is 0.0452. The van der Waals surface area contributed by atoms with E-state index in [1.54, 1.807) is 33.5 Å². The van der Waals surface area contributed by atoms with Crippen LogP contribution in [-0.4, -0.2) is 56.8 Å². The molecule has 0 saturated carbocycles. The van der Waals surface area contributed by atoms with Gasteiger partial charge in [0.2, 0.25) is 0 Å². The number of rotatable bonds is 10. The second-order valence-corrected chi connectivity index (χ2v) is 7.66. The first kappa shape index (κ1) is 23.8. The summed E-state index contributed by atoms with van der Waals surface area (Å²) in [5, 5.41) is 4.48. The van der Waals surface area contributed by atoms with Crippen molar-refractivity contribution < 1.29 is 19.0 Å². The Morgan fingerprint density at radius 3 is 2.34 bits per heavy atom. The lowest BCUT2D eigenvalue weighted by atomic mass is 10.0. The van der Waals surface area contributed by atoms with E-state index in [1.165, 1.54) is 0 Å². The zero-order valence-corrected chi connectivity index (χ0v) is 19.9. The van der Waals surface area contributed by atoms with Gasteiger partial charge in [0.05, 0.1) is 32.9 Å². The number of aromatic amines is 1. The highest BCUT2D eigenvalue weighted by atomic mass is 35.5. The first-order valence-corrected chi connectivity index (χ1v) is 10.9. The molecule has 0 radical (unpaired) electrons. The standard InChI is InChI=1S/C24H30ClN3O4/c1-6-28(7-2)19(15-10-8-9-11-17(15)25)14-26-24(29)18-12-16-20(30-3)13-21(31-4)23(32-5)22(16)27-18/h8-13,19,27H,6-7,14H2,1-5H3,(H,26,29). The largest absolute Gasteiger partial charge is 0.496 e. The molecule has 1 atom stereocenters. The molecular formula is C24H30ClN3O4. The summed E-state index contributed by atoms with van der Waals surface area (Å²) in [5.41, 5.74) is 2.03. The zero-order valence-electron chi connectivity index (χ0n) is 19.1. The van der Waals surface area contributed by atoms with Crippen molar-refractivity contribution in [2.24, 2.45) is 0 Å². The van der Waals surface area contributed by atoms with Crippen LogP contribution in [0.2, 0.25) is 5.02 Å². The van der Waals surface area contributed by atoms with Gasteiger partial charge in [-0.25, -0.2) is 0 Å². The Hall–Kier alpha value is -2.90. The van der Waals surface area contributed by atoms with E-state index >= 15 is 0 Å². The molecule has 3 aromatic rings. The molecule has 8 heteroatoms. The van der Waals surface area contributed by atoms with Gasteiger partial charge >= 0.3 is 0 Å². The molecule has 0 fully saturated rings. The van der Waals surface area contributed by atoms with Gasteiger partial charge < -0.3 is 24.5 Å². The van der Waals surface area contributed by atoms with Crippen molar-refractivity contribution in [3.05, 3.63) is 52.7 Å². The van der Waals surface area contributed by atoms with Crippen molar-refractivity contribution in [2.45, 2.75) is 19.9 Å². The second kappa shape index (κ2) is 10.6. The number of likely N-dealkylation sites (N-methyl/N-ethyl adjacent to an activating group) is 1. The van der Waals surface area contributed by atoms with Crippen molar-refractivity contribution in [1.29, 1.82) is 0 Å². The molecule has 1 aromatic heterocycles. The average Bonchev–Trinajstić information content (AvgIpc) is 3.26. The molecule has 3 rings (SSSR count). The normalized spacial score (nSPS) is 12.1. The summed E-state index contributed by atoms with van der Waals surface area (Å²) < 4.78 is 16.4. The molecule has 1 unspecified atom stereocenters. The maximum atomic E-state index is 13.1. The van der Waals surface area contributed by atoms with Gasteiger partial charge in [-0.1, -0.05) is 43.6 Å². The molecule has 1 amide bonds. The molecule has 0 aliphatic heterocycles. The van der Waals surface area contributed by atoms with Crippen LogP contribution in [0.4, 0.5) is 0 Å². The monoisotopic (exact) mass is 459 g/mol. The maximum absolute atomic E-state index is 13.1. The number of aromatic nitrogens is 1. The van der Waals surface area contributed by atoms with E-state index in [4.69, 9.17) is 25.8 Å². The van der Waals surface area contributed by atoms with Crippen molar-refractivity contribution in [3.63, 3.8) is 0 Å². The summed E-state index contributed by atoms with van der Waals surface area (Å²) in [4.78, 5) is 18.5. The van der Waals surface area contributed by atoms with Crippen LogP contribution in [0.1, 0.15) is 35.9 Å². The Morgan fingerprint density at radius 1 is 1.06 bits per heavy atom. The van der Waals surface area contributed by atoms with E-state index in [9.17, 15) is 4.79 Å². The molecule has 0 aliphatic rings. The number of halogens is 1. The van der Waals surface area contributed by atoms with Crippen LogP contribution in [0.25, 0.3) is 10.9 Å². The van der Waals surface area contributed by atoms with Gasteiger partial charge in [0.25, 0.3) is 5.91 Å². The number of nitrogens with one attached hydrogen (secondary N) is 2. The highest BCUT2D eigenvalue weighted by Gasteiger charge is 2.23. The number of amides is 1. The number of H-pyrrole nitrogens is 1. The maximum Gasteiger partial charge on any atom is 0.267 e. The molecule has 2 N–H and O–H groups in total. The fourth-order valence-electron chi connectivity index (χ4n) is 3.99. The summed E-state index contributed by atoms with van der Waals surface area (Å²) >= 11 is 6.47. The highest BCUT2D eigenvalue weighted by molar-refractivity contribution is 6.31. The minimum Gasteiger partial charge on any atom is -0.496 e. The lowest BCUT2D eigenvalue weighted by Crippen LogP contribution is -2.38. The Kier molecular flexibility index (Phi) is 7.88. The summed E-state index contributed by atoms with van der Waals surface area (Å²) in [5.74, 6) is 1.39. The van der Waals surface area contributed by atoms with Crippen LogP contribution in [0.3, 0.4) is 0 Å². The summed E-state index contributed by atoms with van der Waals surface area (Å²) in [6.45, 7) is 6.28. The molecule has 32 heavy (non-hydrogen) atoms. The van der Waals surface area contributed by atoms with Crippen LogP contribution < -0.4 is 19.5 Å². The minimum atomic E-state index is -0.228. The average molecular weight is 460 g/mol. The number of carbonyl (C=O) groups excluding carboxylic acids is 1. The smallest absolute Gasteiger partial charge is 0.267 e. The van der Waals surface area contributed by atoms with Gasteiger partial charge in [-0.05, 0) is 30.8 Å². The number of hydrogen-bond donors (Lipinski definition) is 2. The summed E-state index contributed by atoms with van der Waals surface area (Å²) in [6.07, 6.45) is 0. The number of methoxy groups -OCH3 is 3. The first-order chi connectivity index (χ1) is 15.5. The van der Waals surface area contributed by atoms with Crippen LogP contribution in [0.15, 0.2) is 36.4 Å². The fourth-order valence-corrected chi connectivity index (χ4v) is 4.25. The number of fused-ring (bicyclic) bond motifs is 1. The van der Waals surface area contributed by atoms with Gasteiger partial charge in [-0.2, -0.15) is 0 Å². The van der Waals surface area contributed by atoms with Crippen molar-refractivity contribution in [3.8, 4) is 17.2 Å². The quantitative estimate of drug-likeness (QED) is 0.461. The van der Waals surface area contributed by atoms with E-state index in [2.05, 4.69) is 29.0 Å². The van der Waals surface area contributed by atoms with Gasteiger partial charge in [0.15, 0.2) is 11.5 Å². The number of ether oxygens (including phenoxy) is 3. The molecule has 172 valence electrons. The van der Waals surface area contributed by atoms with Crippen LogP contribution >= 0.6 is 11.6 Å². The Morgan fingerprint density at radius 2 is 1.75 bits per heavy atom. The van der Waals surface area contributed by atoms with Gasteiger partial charge in [0, 0.05) is 23.0 Å². The predicted molar refractivity (Wildman–Crippen MR) is 127 cm³/mol. The summed E-state index contributed by atoms with van der Waals surface area (Å²) in [7, 11) is 4.69. The van der Waals surface area contributed by atoms with E-state index in [0.717, 1.165) is 24.0 Å². The Balaban J connectivity index is 1.91. The SMILES string of the molecule is CCN(CC)C(CNC(=O)c1cc2c(OC)cc(OC)c(OC)c2[nH]1)c1ccccc1Cl. The molecular weight excluding hydrogens is 430 g/mol. The molecule has 0 bridgehead atoms. The number of hydrogen-bond acceptors (Lipinski definition) is 5. The van der Waals surface area contributed by atoms with E-state index < -0.39 is 0 Å². The first-order valence-electron chi connectivity index (χ1n) is 10.6. The molecule has 0 spiro atoms. The second-order valence-electron chi connectivity index (χ2n) is 7.25. The topological polar surface area (TPSA) is 75.8 Å². The van der Waals surface area contributed by atoms with Gasteiger partial charge in [0.1, 0.15) is 11.4 Å². The molecule has 7 nitrogen and oxygen atoms in total. The number of benzene rings is 2. The van der Waals surface area contributed by atoms with E-state index in [-0.39, 0.29) is 11.9 Å². The van der Waals surface area contributed by atoms with E-state index in [1.807, 2.05) is 24.3 Å². The molecule has 0 saturated heterocycles. The number of nitrogens with zero attached hydrogens (tertiary/aromatic N) is 1. The van der Waals surface area contributed by atoms with Crippen molar-refractivity contribution in [2.75, 3.05) is 41.0 Å². The van der Waals surface area contributed by atoms with Crippen molar-refractivity contribution >= 4 is 28.4 Å². The molecule has 1 heterocycles. The highest BCUT2D eigenvalue weighted by Crippen LogP contribution is 2.41. The van der Waals surface area contributed by atoms with Crippen molar-refractivity contribution in [1.82, 2.24) is 15.2 Å². The lowest BCUT2D eigenvalue weighted by molar-refractivity contribution is 0.0931. The van der Waals surface area contributed by atoms with Gasteiger partial charge in [-0.3, -0.25) is 9.69 Å². The molecule has 2 aromatic carbocycles. The van der Waals surface area contributed by atoms with Crippen LogP contribution in [0.5, 0.6) is 17.2 Å². The third-order valence-electron chi connectivity index (χ3n) is 5.66. The molecule has 0 aliphatic carbocycles. The Labute approximate surface area is 193 Å².